The van der Waals surface area contributed by atoms with Gasteiger partial charge >= 0.3 is 0 Å². The summed E-state index contributed by atoms with van der Waals surface area (Å²) < 4.78 is 16.8. The highest BCUT2D eigenvalue weighted by Crippen LogP contribution is 2.24. The van der Waals surface area contributed by atoms with Crippen LogP contribution in [-0.2, 0) is 9.47 Å². The van der Waals surface area contributed by atoms with Crippen LogP contribution in [-0.4, -0.2) is 45.9 Å². The molecule has 0 saturated carbocycles. The van der Waals surface area contributed by atoms with E-state index in [9.17, 15) is 4.79 Å². The van der Waals surface area contributed by atoms with Crippen LogP contribution in [0.1, 0.15) is 24.3 Å². The van der Waals surface area contributed by atoms with Gasteiger partial charge in [0.1, 0.15) is 17.5 Å². The van der Waals surface area contributed by atoms with Crippen LogP contribution in [0.3, 0.4) is 0 Å². The first-order valence-corrected chi connectivity index (χ1v) is 9.66. The highest BCUT2D eigenvalue weighted by Gasteiger charge is 2.32. The normalized spacial score (nSPS) is 17.6. The summed E-state index contributed by atoms with van der Waals surface area (Å²) in [5.41, 5.74) is 1.53. The van der Waals surface area contributed by atoms with Crippen molar-refractivity contribution in [2.24, 2.45) is 0 Å². The van der Waals surface area contributed by atoms with Gasteiger partial charge < -0.3 is 24.5 Å². The van der Waals surface area contributed by atoms with Gasteiger partial charge in [0, 0.05) is 12.7 Å². The molecular weight excluding hydrogens is 410 g/mol. The summed E-state index contributed by atoms with van der Waals surface area (Å²) in [6, 6.07) is 7.07. The van der Waals surface area contributed by atoms with Crippen molar-refractivity contribution in [1.82, 2.24) is 20.3 Å². The van der Waals surface area contributed by atoms with Gasteiger partial charge in [-0.25, -0.2) is 9.97 Å². The number of ether oxygens (including phenoxy) is 2. The Morgan fingerprint density at radius 1 is 1.17 bits per heavy atom. The summed E-state index contributed by atoms with van der Waals surface area (Å²) in [5.74, 6) is -0.411. The molecule has 30 heavy (non-hydrogen) atoms. The van der Waals surface area contributed by atoms with Crippen molar-refractivity contribution < 1.29 is 18.7 Å². The maximum Gasteiger partial charge on any atom is 0.299 e. The van der Waals surface area contributed by atoms with Gasteiger partial charge in [-0.2, -0.15) is 0 Å². The number of hydrogen-bond donors (Lipinski definition) is 2. The van der Waals surface area contributed by atoms with E-state index < -0.39 is 5.79 Å². The zero-order chi connectivity index (χ0) is 21.1. The quantitative estimate of drug-likeness (QED) is 0.613. The van der Waals surface area contributed by atoms with Crippen molar-refractivity contribution in [3.8, 4) is 11.5 Å². The van der Waals surface area contributed by atoms with Crippen LogP contribution in [0.2, 0.25) is 5.02 Å². The molecule has 1 fully saturated rings. The number of anilines is 2. The molecule has 1 amide bonds. The Hall–Kier alpha value is -3.01. The Labute approximate surface area is 177 Å². The first-order chi connectivity index (χ1) is 14.4. The molecule has 1 aliphatic rings. The zero-order valence-electron chi connectivity index (χ0n) is 16.4. The maximum absolute atomic E-state index is 12.3. The lowest BCUT2D eigenvalue weighted by Gasteiger charge is -2.17. The number of amides is 1. The molecular formula is C20H20ClN5O4. The summed E-state index contributed by atoms with van der Waals surface area (Å²) in [6.07, 6.45) is 4.44. The van der Waals surface area contributed by atoms with Crippen molar-refractivity contribution in [2.75, 3.05) is 18.5 Å². The lowest BCUT2D eigenvalue weighted by atomic mass is 10.3. The average Bonchev–Trinajstić information content (AvgIpc) is 3.33. The highest BCUT2D eigenvalue weighted by atomic mass is 35.5. The van der Waals surface area contributed by atoms with Crippen LogP contribution in [0.4, 0.5) is 11.7 Å². The van der Waals surface area contributed by atoms with Gasteiger partial charge in [0.15, 0.2) is 11.5 Å². The van der Waals surface area contributed by atoms with Crippen LogP contribution in [0.5, 0.6) is 0 Å². The SMILES string of the molecule is CC1(C)OCC(CNC(=O)c2ccc(Nc3ncc(-c4ccc(Cl)cn4)o3)cn2)O1. The molecule has 0 bridgehead atoms. The fourth-order valence-electron chi connectivity index (χ4n) is 2.86. The molecule has 3 aromatic heterocycles. The highest BCUT2D eigenvalue weighted by molar-refractivity contribution is 6.30. The molecule has 0 spiro atoms. The number of carbonyl (C=O) groups is 1. The third kappa shape index (κ3) is 4.93. The Bertz CT molecular complexity index is 1020. The lowest BCUT2D eigenvalue weighted by molar-refractivity contribution is -0.137. The van der Waals surface area contributed by atoms with Crippen molar-refractivity contribution in [3.05, 3.63) is 53.6 Å². The molecule has 1 atom stereocenters. The minimum Gasteiger partial charge on any atom is -0.422 e. The Balaban J connectivity index is 1.32. The number of nitrogens with one attached hydrogen (secondary N) is 2. The van der Waals surface area contributed by atoms with Crippen molar-refractivity contribution in [1.29, 1.82) is 0 Å². The van der Waals surface area contributed by atoms with Crippen LogP contribution in [0.25, 0.3) is 11.5 Å². The topological polar surface area (TPSA) is 111 Å². The number of nitrogens with zero attached hydrogens (tertiary/aromatic N) is 3. The minimum absolute atomic E-state index is 0.181. The molecule has 9 nitrogen and oxygen atoms in total. The number of carbonyl (C=O) groups excluding carboxylic acids is 1. The van der Waals surface area contributed by atoms with Gasteiger partial charge in [0.25, 0.3) is 11.9 Å². The van der Waals surface area contributed by atoms with Crippen LogP contribution in [0, 0.1) is 0 Å². The Morgan fingerprint density at radius 3 is 2.70 bits per heavy atom. The van der Waals surface area contributed by atoms with Gasteiger partial charge in [0.2, 0.25) is 0 Å². The first-order valence-electron chi connectivity index (χ1n) is 9.29. The van der Waals surface area contributed by atoms with E-state index in [1.54, 1.807) is 30.5 Å². The zero-order valence-corrected chi connectivity index (χ0v) is 17.1. The smallest absolute Gasteiger partial charge is 0.299 e. The van der Waals surface area contributed by atoms with Gasteiger partial charge in [-0.1, -0.05) is 11.6 Å². The fraction of sp³-hybridized carbons (Fsp3) is 0.300. The number of halogens is 1. The van der Waals surface area contributed by atoms with E-state index in [1.165, 1.54) is 12.4 Å². The van der Waals surface area contributed by atoms with E-state index in [-0.39, 0.29) is 23.7 Å². The number of pyridine rings is 2. The molecule has 4 rings (SSSR count). The molecule has 0 aromatic carbocycles. The average molecular weight is 430 g/mol. The predicted molar refractivity (Wildman–Crippen MR) is 110 cm³/mol. The van der Waals surface area contributed by atoms with Gasteiger partial charge in [-0.3, -0.25) is 9.78 Å². The summed E-state index contributed by atoms with van der Waals surface area (Å²) >= 11 is 5.84. The van der Waals surface area contributed by atoms with E-state index in [1.807, 2.05) is 13.8 Å². The molecule has 3 aromatic rings. The molecule has 0 radical (unpaired) electrons. The fourth-order valence-corrected chi connectivity index (χ4v) is 2.97. The molecule has 10 heteroatoms. The third-order valence-electron chi connectivity index (χ3n) is 4.29. The van der Waals surface area contributed by atoms with Crippen molar-refractivity contribution in [3.63, 3.8) is 0 Å². The van der Waals surface area contributed by atoms with Gasteiger partial charge in [-0.15, -0.1) is 0 Å². The Morgan fingerprint density at radius 2 is 2.03 bits per heavy atom. The van der Waals surface area contributed by atoms with Gasteiger partial charge in [0.05, 0.1) is 29.7 Å². The van der Waals surface area contributed by atoms with E-state index in [2.05, 4.69) is 25.6 Å². The van der Waals surface area contributed by atoms with Crippen molar-refractivity contribution in [2.45, 2.75) is 25.7 Å². The standard InChI is InChI=1S/C20H20ClN5O4/c1-20(2)28-11-14(30-20)9-24-18(27)16-6-4-13(8-23-16)26-19-25-10-17(29-19)15-5-3-12(21)7-22-15/h3-8,10,14H,9,11H2,1-2H3,(H,24,27)(H,25,26). The van der Waals surface area contributed by atoms with E-state index >= 15 is 0 Å². The molecule has 1 saturated heterocycles. The van der Waals surface area contributed by atoms with Crippen LogP contribution < -0.4 is 10.6 Å². The molecule has 0 aliphatic carbocycles. The van der Waals surface area contributed by atoms with Crippen molar-refractivity contribution >= 4 is 29.2 Å². The third-order valence-corrected chi connectivity index (χ3v) is 4.51. The largest absolute Gasteiger partial charge is 0.422 e. The van der Waals surface area contributed by atoms with E-state index in [0.717, 1.165) is 0 Å². The molecule has 4 heterocycles. The second kappa shape index (κ2) is 8.39. The van der Waals surface area contributed by atoms with Crippen LogP contribution >= 0.6 is 11.6 Å². The second-order valence-electron chi connectivity index (χ2n) is 7.11. The number of hydrogen-bond acceptors (Lipinski definition) is 8. The second-order valence-corrected chi connectivity index (χ2v) is 7.55. The van der Waals surface area contributed by atoms with Gasteiger partial charge in [-0.05, 0) is 38.1 Å². The number of aromatic nitrogens is 3. The summed E-state index contributed by atoms with van der Waals surface area (Å²) in [5, 5.41) is 6.34. The van der Waals surface area contributed by atoms with E-state index in [0.29, 0.717) is 35.3 Å². The molecule has 1 aliphatic heterocycles. The summed E-state index contributed by atoms with van der Waals surface area (Å²) in [7, 11) is 0. The van der Waals surface area contributed by atoms with Crippen LogP contribution in [0.15, 0.2) is 47.3 Å². The van der Waals surface area contributed by atoms with E-state index in [4.69, 9.17) is 25.5 Å². The summed E-state index contributed by atoms with van der Waals surface area (Å²) in [6.45, 7) is 4.46. The lowest BCUT2D eigenvalue weighted by Crippen LogP contribution is -2.34. The number of rotatable bonds is 6. The number of oxazole rings is 1. The Kier molecular flexibility index (Phi) is 5.67. The molecule has 156 valence electrons. The summed E-state index contributed by atoms with van der Waals surface area (Å²) in [4.78, 5) is 24.8. The molecule has 2 N–H and O–H groups in total. The minimum atomic E-state index is -0.621. The maximum atomic E-state index is 12.3. The predicted octanol–water partition coefficient (Wildman–Crippen LogP) is 3.41. The first kappa shape index (κ1) is 20.3. The monoisotopic (exact) mass is 429 g/mol. The molecule has 1 unspecified atom stereocenters.